The van der Waals surface area contributed by atoms with Crippen molar-refractivity contribution in [3.05, 3.63) is 63.7 Å². The van der Waals surface area contributed by atoms with Gasteiger partial charge in [-0.3, -0.25) is 19.8 Å². The number of carbonyl (C=O) groups is 1. The molecule has 2 aromatic carbocycles. The summed E-state index contributed by atoms with van der Waals surface area (Å²) >= 11 is 0. The Kier molecular flexibility index (Phi) is 7.67. The number of likely N-dealkylation sites (tertiary alicyclic amines) is 1. The van der Waals surface area contributed by atoms with Crippen molar-refractivity contribution in [3.63, 3.8) is 0 Å². The smallest absolute Gasteiger partial charge is 0.380 e. The average molecular weight is 506 g/mol. The number of carbonyl (C=O) groups excluding carboxylic acids is 1. The van der Waals surface area contributed by atoms with Gasteiger partial charge in [0.25, 0.3) is 5.69 Å². The second-order valence-electron chi connectivity index (χ2n) is 9.37. The molecule has 8 nitrogen and oxygen atoms in total. The van der Waals surface area contributed by atoms with Crippen molar-refractivity contribution >= 4 is 23.0 Å². The lowest BCUT2D eigenvalue weighted by atomic mass is 10.1. The van der Waals surface area contributed by atoms with E-state index >= 15 is 0 Å². The molecule has 4 rings (SSSR count). The van der Waals surface area contributed by atoms with Gasteiger partial charge in [0, 0.05) is 75.7 Å². The number of halogens is 3. The predicted molar refractivity (Wildman–Crippen MR) is 131 cm³/mol. The fourth-order valence-corrected chi connectivity index (χ4v) is 4.75. The predicted octanol–water partition coefficient (Wildman–Crippen LogP) is 4.15. The first-order valence-electron chi connectivity index (χ1n) is 12.0. The first kappa shape index (κ1) is 25.7. The molecular formula is C25H30F3N5O3. The SMILES string of the molecule is Cc1ccc(N2CCN(CCC(=O)N3CC[C@H](Nc4ccc([N+](=O)[O-])c(C(F)(F)F)c4)C3)CC2)cc1. The minimum absolute atomic E-state index is 0.0277. The van der Waals surface area contributed by atoms with Gasteiger partial charge in [0.1, 0.15) is 5.56 Å². The van der Waals surface area contributed by atoms with Crippen LogP contribution in [-0.4, -0.2) is 72.5 Å². The van der Waals surface area contributed by atoms with Crippen molar-refractivity contribution in [2.45, 2.75) is 32.0 Å². The van der Waals surface area contributed by atoms with Crippen molar-refractivity contribution in [2.24, 2.45) is 0 Å². The molecule has 36 heavy (non-hydrogen) atoms. The van der Waals surface area contributed by atoms with Crippen LogP contribution in [0.3, 0.4) is 0 Å². The molecule has 1 amide bonds. The largest absolute Gasteiger partial charge is 0.423 e. The third-order valence-electron chi connectivity index (χ3n) is 6.82. The zero-order valence-corrected chi connectivity index (χ0v) is 20.1. The molecule has 11 heteroatoms. The van der Waals surface area contributed by atoms with Crippen LogP contribution in [0, 0.1) is 17.0 Å². The highest BCUT2D eigenvalue weighted by Gasteiger charge is 2.38. The number of piperazine rings is 1. The Labute approximate surface area is 207 Å². The number of anilines is 2. The van der Waals surface area contributed by atoms with Crippen LogP contribution in [0.25, 0.3) is 0 Å². The van der Waals surface area contributed by atoms with Gasteiger partial charge in [-0.25, -0.2) is 0 Å². The Morgan fingerprint density at radius 1 is 1.08 bits per heavy atom. The van der Waals surface area contributed by atoms with Gasteiger partial charge < -0.3 is 15.1 Å². The molecule has 0 aromatic heterocycles. The maximum absolute atomic E-state index is 13.2. The summed E-state index contributed by atoms with van der Waals surface area (Å²) in [5.41, 5.74) is 0.330. The summed E-state index contributed by atoms with van der Waals surface area (Å²) in [6, 6.07) is 11.2. The fourth-order valence-electron chi connectivity index (χ4n) is 4.75. The van der Waals surface area contributed by atoms with Crippen molar-refractivity contribution in [1.82, 2.24) is 9.80 Å². The number of benzene rings is 2. The maximum Gasteiger partial charge on any atom is 0.423 e. The molecule has 1 N–H and O–H groups in total. The van der Waals surface area contributed by atoms with Crippen molar-refractivity contribution in [2.75, 3.05) is 56.0 Å². The molecule has 0 bridgehead atoms. The minimum Gasteiger partial charge on any atom is -0.380 e. The molecule has 0 unspecified atom stereocenters. The van der Waals surface area contributed by atoms with E-state index < -0.39 is 22.4 Å². The fraction of sp³-hybridized carbons (Fsp3) is 0.480. The Hall–Kier alpha value is -3.34. The Morgan fingerprint density at radius 2 is 1.78 bits per heavy atom. The van der Waals surface area contributed by atoms with E-state index in [1.54, 1.807) is 4.90 Å². The van der Waals surface area contributed by atoms with E-state index in [0.717, 1.165) is 38.3 Å². The van der Waals surface area contributed by atoms with Gasteiger partial charge >= 0.3 is 6.18 Å². The van der Waals surface area contributed by atoms with Crippen LogP contribution in [-0.2, 0) is 11.0 Å². The summed E-state index contributed by atoms with van der Waals surface area (Å²) in [7, 11) is 0. The summed E-state index contributed by atoms with van der Waals surface area (Å²) in [5.74, 6) is 0.0277. The number of nitrogens with one attached hydrogen (secondary N) is 1. The third kappa shape index (κ3) is 6.26. The molecule has 2 aliphatic rings. The lowest BCUT2D eigenvalue weighted by Gasteiger charge is -2.36. The van der Waals surface area contributed by atoms with Crippen LogP contribution in [0.2, 0.25) is 0 Å². The third-order valence-corrected chi connectivity index (χ3v) is 6.82. The molecule has 1 atom stereocenters. The normalized spacial score (nSPS) is 18.9. The van der Waals surface area contributed by atoms with E-state index in [4.69, 9.17) is 0 Å². The number of hydrogen-bond acceptors (Lipinski definition) is 6. The second-order valence-corrected chi connectivity index (χ2v) is 9.37. The summed E-state index contributed by atoms with van der Waals surface area (Å²) in [6.45, 7) is 7.22. The number of nitro groups is 1. The quantitative estimate of drug-likeness (QED) is 0.450. The van der Waals surface area contributed by atoms with Crippen LogP contribution < -0.4 is 10.2 Å². The topological polar surface area (TPSA) is 82.0 Å². The highest BCUT2D eigenvalue weighted by Crippen LogP contribution is 2.37. The van der Waals surface area contributed by atoms with Crippen LogP contribution >= 0.6 is 0 Å². The van der Waals surface area contributed by atoms with Gasteiger partial charge in [0.15, 0.2) is 0 Å². The first-order chi connectivity index (χ1) is 17.1. The van der Waals surface area contributed by atoms with Gasteiger partial charge in [0.2, 0.25) is 5.91 Å². The van der Waals surface area contributed by atoms with Crippen LogP contribution in [0.4, 0.5) is 30.2 Å². The molecular weight excluding hydrogens is 475 g/mol. The van der Waals surface area contributed by atoms with Crippen LogP contribution in [0.1, 0.15) is 24.0 Å². The number of rotatable bonds is 7. The van der Waals surface area contributed by atoms with Crippen LogP contribution in [0.15, 0.2) is 42.5 Å². The lowest BCUT2D eigenvalue weighted by molar-refractivity contribution is -0.388. The Morgan fingerprint density at radius 3 is 2.42 bits per heavy atom. The minimum atomic E-state index is -4.83. The van der Waals surface area contributed by atoms with E-state index in [-0.39, 0.29) is 17.6 Å². The molecule has 194 valence electrons. The second kappa shape index (κ2) is 10.7. The molecule has 0 radical (unpaired) electrons. The number of nitrogens with zero attached hydrogens (tertiary/aromatic N) is 4. The average Bonchev–Trinajstić information content (AvgIpc) is 3.31. The Bertz CT molecular complexity index is 1090. The van der Waals surface area contributed by atoms with Crippen molar-refractivity contribution < 1.29 is 22.9 Å². The van der Waals surface area contributed by atoms with Gasteiger partial charge in [-0.05, 0) is 37.6 Å². The molecule has 2 fully saturated rings. The van der Waals surface area contributed by atoms with Gasteiger partial charge in [-0.1, -0.05) is 17.7 Å². The summed E-state index contributed by atoms with van der Waals surface area (Å²) in [6.07, 6.45) is -3.84. The molecule has 0 saturated carbocycles. The summed E-state index contributed by atoms with van der Waals surface area (Å²) in [5, 5.41) is 13.9. The van der Waals surface area contributed by atoms with E-state index in [1.165, 1.54) is 17.3 Å². The van der Waals surface area contributed by atoms with E-state index in [1.807, 2.05) is 0 Å². The number of aryl methyl sites for hydroxylation is 1. The Balaban J connectivity index is 1.23. The lowest BCUT2D eigenvalue weighted by Crippen LogP contribution is -2.47. The molecule has 2 aromatic rings. The highest BCUT2D eigenvalue weighted by molar-refractivity contribution is 5.77. The monoisotopic (exact) mass is 505 g/mol. The van der Waals surface area contributed by atoms with Gasteiger partial charge in [0.05, 0.1) is 4.92 Å². The summed E-state index contributed by atoms with van der Waals surface area (Å²) < 4.78 is 39.7. The van der Waals surface area contributed by atoms with Crippen LogP contribution in [0.5, 0.6) is 0 Å². The molecule has 2 saturated heterocycles. The van der Waals surface area contributed by atoms with E-state index in [9.17, 15) is 28.1 Å². The maximum atomic E-state index is 13.2. The van der Waals surface area contributed by atoms with Gasteiger partial charge in [-0.15, -0.1) is 0 Å². The van der Waals surface area contributed by atoms with E-state index in [0.29, 0.717) is 32.5 Å². The first-order valence-corrected chi connectivity index (χ1v) is 12.0. The standard InChI is InChI=1S/C25H30F3N5O3/c1-18-2-5-21(6-3-18)31-14-12-30(13-15-31)10-9-24(34)32-11-8-20(17-32)29-19-4-7-23(33(35)36)22(16-19)25(26,27)28/h2-7,16,20,29H,8-15,17H2,1H3/t20-/m0/s1. The molecule has 2 aliphatic heterocycles. The number of hydrogen-bond donors (Lipinski definition) is 1. The summed E-state index contributed by atoms with van der Waals surface area (Å²) in [4.78, 5) is 29.0. The number of nitro benzene ring substituents is 1. The number of alkyl halides is 3. The zero-order valence-electron chi connectivity index (χ0n) is 20.1. The highest BCUT2D eigenvalue weighted by atomic mass is 19.4. The van der Waals surface area contributed by atoms with E-state index in [2.05, 4.69) is 46.3 Å². The van der Waals surface area contributed by atoms with Crippen molar-refractivity contribution in [3.8, 4) is 0 Å². The number of amides is 1. The molecule has 0 spiro atoms. The van der Waals surface area contributed by atoms with Gasteiger partial charge in [-0.2, -0.15) is 13.2 Å². The molecule has 0 aliphatic carbocycles. The van der Waals surface area contributed by atoms with Crippen molar-refractivity contribution in [1.29, 1.82) is 0 Å². The zero-order chi connectivity index (χ0) is 25.9. The molecule has 2 heterocycles.